The van der Waals surface area contributed by atoms with Gasteiger partial charge in [-0.05, 0) is 52.7 Å². The van der Waals surface area contributed by atoms with Gasteiger partial charge < -0.3 is 10.2 Å². The maximum Gasteiger partial charge on any atom is 0.245 e. The second-order valence-corrected chi connectivity index (χ2v) is 7.22. The molecule has 0 saturated carbocycles. The largest absolute Gasteiger partial charge is 0.338 e. The summed E-state index contributed by atoms with van der Waals surface area (Å²) in [5, 5.41) is 13.1. The van der Waals surface area contributed by atoms with Gasteiger partial charge in [0, 0.05) is 23.6 Å². The Labute approximate surface area is 129 Å². The highest BCUT2D eigenvalue weighted by Crippen LogP contribution is 2.33. The predicted octanol–water partition coefficient (Wildman–Crippen LogP) is 2.48. The summed E-state index contributed by atoms with van der Waals surface area (Å²) < 4.78 is 1.07. The van der Waals surface area contributed by atoms with E-state index in [1.165, 1.54) is 12.8 Å². The molecule has 2 atom stereocenters. The summed E-state index contributed by atoms with van der Waals surface area (Å²) >= 11 is 5.21. The molecule has 4 rings (SSSR count). The van der Waals surface area contributed by atoms with Gasteiger partial charge in [0.15, 0.2) is 5.82 Å². The van der Waals surface area contributed by atoms with Crippen LogP contribution in [0.2, 0.25) is 0 Å². The maximum absolute atomic E-state index is 4.67. The number of fused-ring (bicyclic) bond motifs is 1. The zero-order valence-electron chi connectivity index (χ0n) is 11.0. The number of halogens is 1. The standard InChI is InChI=1S/C13H16BrN5S/c14-9-3-5-20-11(9)12-16-13(18-17-12)19-6-8-2-1-4-15-10(8)7-19/h3,5,8,10,15H,1-2,4,6-7H2,(H,16,17,18). The van der Waals surface area contributed by atoms with Gasteiger partial charge in [0.05, 0.1) is 4.88 Å². The first-order chi connectivity index (χ1) is 9.81. The molecular weight excluding hydrogens is 338 g/mol. The van der Waals surface area contributed by atoms with Crippen LogP contribution in [0, 0.1) is 5.92 Å². The molecule has 7 heteroatoms. The lowest BCUT2D eigenvalue weighted by Crippen LogP contribution is -2.40. The monoisotopic (exact) mass is 353 g/mol. The Morgan fingerprint density at radius 2 is 2.35 bits per heavy atom. The van der Waals surface area contributed by atoms with Crippen molar-refractivity contribution in [2.24, 2.45) is 5.92 Å². The molecule has 0 amide bonds. The van der Waals surface area contributed by atoms with Crippen LogP contribution < -0.4 is 10.2 Å². The van der Waals surface area contributed by atoms with Crippen molar-refractivity contribution < 1.29 is 0 Å². The Balaban J connectivity index is 1.55. The van der Waals surface area contributed by atoms with Gasteiger partial charge >= 0.3 is 0 Å². The van der Waals surface area contributed by atoms with Gasteiger partial charge in [0.1, 0.15) is 0 Å². The van der Waals surface area contributed by atoms with Crippen LogP contribution in [-0.2, 0) is 0 Å². The smallest absolute Gasteiger partial charge is 0.245 e. The molecule has 2 N–H and O–H groups in total. The van der Waals surface area contributed by atoms with Crippen LogP contribution in [0.1, 0.15) is 12.8 Å². The summed E-state index contributed by atoms with van der Waals surface area (Å²) in [6.07, 6.45) is 2.61. The lowest BCUT2D eigenvalue weighted by Gasteiger charge is -2.24. The maximum atomic E-state index is 4.67. The highest BCUT2D eigenvalue weighted by Gasteiger charge is 2.35. The molecule has 0 aromatic carbocycles. The van der Waals surface area contributed by atoms with Gasteiger partial charge in [-0.15, -0.1) is 16.4 Å². The van der Waals surface area contributed by atoms with E-state index in [9.17, 15) is 0 Å². The average molecular weight is 354 g/mol. The molecule has 0 spiro atoms. The molecule has 0 bridgehead atoms. The molecular formula is C13H16BrN5S. The van der Waals surface area contributed by atoms with Crippen LogP contribution >= 0.6 is 27.3 Å². The first kappa shape index (κ1) is 12.8. The molecule has 2 aliphatic heterocycles. The number of nitrogens with zero attached hydrogens (tertiary/aromatic N) is 3. The fourth-order valence-corrected chi connectivity index (χ4v) is 4.67. The highest BCUT2D eigenvalue weighted by atomic mass is 79.9. The Morgan fingerprint density at radius 3 is 3.15 bits per heavy atom. The van der Waals surface area contributed by atoms with Gasteiger partial charge in [0.2, 0.25) is 5.95 Å². The summed E-state index contributed by atoms with van der Waals surface area (Å²) in [7, 11) is 0. The van der Waals surface area contributed by atoms with Crippen LogP contribution in [0.25, 0.3) is 10.7 Å². The third kappa shape index (κ3) is 2.17. The van der Waals surface area contributed by atoms with Gasteiger partial charge in [-0.3, -0.25) is 5.10 Å². The zero-order chi connectivity index (χ0) is 13.5. The van der Waals surface area contributed by atoms with Gasteiger partial charge in [-0.1, -0.05) is 0 Å². The lowest BCUT2D eigenvalue weighted by molar-refractivity contribution is 0.340. The Morgan fingerprint density at radius 1 is 1.40 bits per heavy atom. The van der Waals surface area contributed by atoms with E-state index in [0.29, 0.717) is 6.04 Å². The second kappa shape index (κ2) is 5.13. The molecule has 0 radical (unpaired) electrons. The van der Waals surface area contributed by atoms with E-state index < -0.39 is 0 Å². The topological polar surface area (TPSA) is 56.8 Å². The first-order valence-electron chi connectivity index (χ1n) is 6.95. The van der Waals surface area contributed by atoms with Crippen molar-refractivity contribution in [2.45, 2.75) is 18.9 Å². The zero-order valence-corrected chi connectivity index (χ0v) is 13.4. The normalized spacial score (nSPS) is 25.9. The van der Waals surface area contributed by atoms with Crippen molar-refractivity contribution >= 4 is 33.2 Å². The van der Waals surface area contributed by atoms with E-state index >= 15 is 0 Å². The number of aromatic amines is 1. The summed E-state index contributed by atoms with van der Waals surface area (Å²) in [6, 6.07) is 2.65. The second-order valence-electron chi connectivity index (χ2n) is 5.45. The minimum absolute atomic E-state index is 0.610. The molecule has 2 aromatic rings. The highest BCUT2D eigenvalue weighted by molar-refractivity contribution is 9.10. The molecule has 2 aliphatic rings. The quantitative estimate of drug-likeness (QED) is 0.870. The van der Waals surface area contributed by atoms with Crippen molar-refractivity contribution in [3.8, 4) is 10.7 Å². The lowest BCUT2D eigenvalue weighted by atomic mass is 9.94. The molecule has 20 heavy (non-hydrogen) atoms. The van der Waals surface area contributed by atoms with Crippen LogP contribution in [0.5, 0.6) is 0 Å². The van der Waals surface area contributed by atoms with Gasteiger partial charge in [-0.25, -0.2) is 0 Å². The van der Waals surface area contributed by atoms with Gasteiger partial charge in [0.25, 0.3) is 0 Å². The molecule has 4 heterocycles. The van der Waals surface area contributed by atoms with Crippen molar-refractivity contribution in [3.63, 3.8) is 0 Å². The number of aromatic nitrogens is 3. The van der Waals surface area contributed by atoms with E-state index in [4.69, 9.17) is 0 Å². The minimum atomic E-state index is 0.610. The molecule has 2 unspecified atom stereocenters. The molecule has 2 fully saturated rings. The fourth-order valence-electron chi connectivity index (χ4n) is 3.17. The number of nitrogens with one attached hydrogen (secondary N) is 2. The third-order valence-corrected chi connectivity index (χ3v) is 6.03. The molecule has 2 aromatic heterocycles. The van der Waals surface area contributed by atoms with Gasteiger partial charge in [-0.2, -0.15) is 4.98 Å². The molecule has 5 nitrogen and oxygen atoms in total. The minimum Gasteiger partial charge on any atom is -0.338 e. The number of hydrogen-bond acceptors (Lipinski definition) is 5. The molecule has 0 aliphatic carbocycles. The van der Waals surface area contributed by atoms with Crippen molar-refractivity contribution in [1.82, 2.24) is 20.5 Å². The summed E-state index contributed by atoms with van der Waals surface area (Å²) in [5.41, 5.74) is 0. The number of thiophene rings is 1. The van der Waals surface area contributed by atoms with Crippen LogP contribution in [0.15, 0.2) is 15.9 Å². The SMILES string of the molecule is Brc1ccsc1-c1nc(N2CC3CCCNC3C2)n[nH]1. The Kier molecular flexibility index (Phi) is 3.28. The molecule has 2 saturated heterocycles. The van der Waals surface area contributed by atoms with E-state index in [1.54, 1.807) is 11.3 Å². The number of hydrogen-bond donors (Lipinski definition) is 2. The summed E-state index contributed by atoms with van der Waals surface area (Å²) in [6.45, 7) is 3.24. The first-order valence-corrected chi connectivity index (χ1v) is 8.62. The van der Waals surface area contributed by atoms with E-state index in [2.05, 4.69) is 46.7 Å². The number of H-pyrrole nitrogens is 1. The average Bonchev–Trinajstić information content (AvgIpc) is 3.15. The van der Waals surface area contributed by atoms with Crippen molar-refractivity contribution in [2.75, 3.05) is 24.5 Å². The van der Waals surface area contributed by atoms with E-state index in [0.717, 1.165) is 46.7 Å². The van der Waals surface area contributed by atoms with Crippen LogP contribution in [0.3, 0.4) is 0 Å². The number of anilines is 1. The van der Waals surface area contributed by atoms with Crippen molar-refractivity contribution in [3.05, 3.63) is 15.9 Å². The van der Waals surface area contributed by atoms with Crippen LogP contribution in [-0.4, -0.2) is 40.9 Å². The summed E-state index contributed by atoms with van der Waals surface area (Å²) in [5.74, 6) is 2.43. The van der Waals surface area contributed by atoms with E-state index in [-0.39, 0.29) is 0 Å². The molecule has 106 valence electrons. The fraction of sp³-hybridized carbons (Fsp3) is 0.538. The Hall–Kier alpha value is -0.920. The van der Waals surface area contributed by atoms with Crippen LogP contribution in [0.4, 0.5) is 5.95 Å². The van der Waals surface area contributed by atoms with E-state index in [1.807, 2.05) is 6.07 Å². The van der Waals surface area contributed by atoms with Crippen molar-refractivity contribution in [1.29, 1.82) is 0 Å². The third-order valence-electron chi connectivity index (χ3n) is 4.19. The summed E-state index contributed by atoms with van der Waals surface area (Å²) in [4.78, 5) is 8.08. The predicted molar refractivity (Wildman–Crippen MR) is 84.1 cm³/mol. The number of piperidine rings is 1. The number of rotatable bonds is 2. The Bertz CT molecular complexity index is 595.